The topological polar surface area (TPSA) is 83.0 Å². The summed E-state index contributed by atoms with van der Waals surface area (Å²) in [5, 5.41) is 9.95. The van der Waals surface area contributed by atoms with Crippen molar-refractivity contribution in [2.75, 3.05) is 32.8 Å². The summed E-state index contributed by atoms with van der Waals surface area (Å²) in [5.41, 5.74) is -1.86. The number of aldehydes is 1. The number of benzene rings is 1. The Morgan fingerprint density at radius 2 is 1.93 bits per heavy atom. The number of nitrogens with zero attached hydrogens (tertiary/aromatic N) is 3. The summed E-state index contributed by atoms with van der Waals surface area (Å²) in [6, 6.07) is 7.38. The van der Waals surface area contributed by atoms with Gasteiger partial charge in [-0.1, -0.05) is 12.5 Å². The van der Waals surface area contributed by atoms with E-state index in [0.29, 0.717) is 43.8 Å². The van der Waals surface area contributed by atoms with E-state index in [-0.39, 0.29) is 49.4 Å². The molecule has 0 radical (unpaired) electrons. The van der Waals surface area contributed by atoms with Gasteiger partial charge in [0.25, 0.3) is 5.91 Å². The third-order valence-electron chi connectivity index (χ3n) is 9.03. The fourth-order valence-corrected chi connectivity index (χ4v) is 6.24. The van der Waals surface area contributed by atoms with Gasteiger partial charge in [-0.15, -0.1) is 0 Å². The maximum Gasteiger partial charge on any atom is 0.395 e. The van der Waals surface area contributed by atoms with E-state index < -0.39 is 35.0 Å². The zero-order valence-corrected chi connectivity index (χ0v) is 23.0. The number of carbonyl (C=O) groups excluding carboxylic acids is 2. The normalized spacial score (nSPS) is 25.1. The molecule has 2 atom stereocenters. The molecular formula is C30H35F4N3O4. The van der Waals surface area contributed by atoms with Crippen LogP contribution in [0.25, 0.3) is 11.1 Å². The molecule has 1 saturated carbocycles. The molecule has 5 rings (SSSR count). The van der Waals surface area contributed by atoms with Crippen LogP contribution < -0.4 is 4.74 Å². The lowest BCUT2D eigenvalue weighted by atomic mass is 9.67. The van der Waals surface area contributed by atoms with E-state index in [2.05, 4.69) is 4.98 Å². The smallest absolute Gasteiger partial charge is 0.395 e. The highest BCUT2D eigenvalue weighted by molar-refractivity contribution is 5.97. The number of aliphatic hydroxyl groups is 1. The van der Waals surface area contributed by atoms with Crippen LogP contribution in [0, 0.1) is 17.2 Å². The molecule has 1 aliphatic carbocycles. The molecule has 11 heteroatoms. The van der Waals surface area contributed by atoms with Crippen molar-refractivity contribution >= 4 is 12.2 Å². The van der Waals surface area contributed by atoms with Gasteiger partial charge in [0.15, 0.2) is 0 Å². The number of carbonyl (C=O) groups is 2. The molecule has 2 saturated heterocycles. The Bertz CT molecular complexity index is 1260. The lowest BCUT2D eigenvalue weighted by Crippen LogP contribution is -2.53. The quantitative estimate of drug-likeness (QED) is 0.356. The second kappa shape index (κ2) is 11.3. The van der Waals surface area contributed by atoms with Gasteiger partial charge in [0.05, 0.1) is 23.7 Å². The van der Waals surface area contributed by atoms with E-state index in [1.54, 1.807) is 19.1 Å². The molecule has 1 amide bonds. The van der Waals surface area contributed by atoms with Crippen LogP contribution in [0.2, 0.25) is 0 Å². The van der Waals surface area contributed by atoms with Gasteiger partial charge < -0.3 is 24.4 Å². The Balaban J connectivity index is 1.13. The zero-order chi connectivity index (χ0) is 29.4. The summed E-state index contributed by atoms with van der Waals surface area (Å²) in [6.45, 7) is 3.28. The summed E-state index contributed by atoms with van der Waals surface area (Å²) >= 11 is 0. The molecule has 1 aromatic heterocycles. The Morgan fingerprint density at radius 3 is 2.49 bits per heavy atom. The summed E-state index contributed by atoms with van der Waals surface area (Å²) in [7, 11) is 0. The van der Waals surface area contributed by atoms with Crippen LogP contribution in [0.1, 0.15) is 55.8 Å². The van der Waals surface area contributed by atoms with E-state index in [4.69, 9.17) is 4.74 Å². The molecule has 3 fully saturated rings. The van der Waals surface area contributed by atoms with Gasteiger partial charge in [0, 0.05) is 48.5 Å². The molecule has 7 nitrogen and oxygen atoms in total. The lowest BCUT2D eigenvalue weighted by Gasteiger charge is -2.47. The molecule has 0 unspecified atom stereocenters. The van der Waals surface area contributed by atoms with E-state index in [1.165, 1.54) is 23.2 Å². The fourth-order valence-electron chi connectivity index (χ4n) is 6.24. The average Bonchev–Trinajstić information content (AvgIpc) is 3.23. The van der Waals surface area contributed by atoms with Crippen molar-refractivity contribution in [3.05, 3.63) is 47.9 Å². The number of β-amino-alcohol motifs (C(OH)–C–C–N with tert-alkyl or cyclic N) is 1. The predicted octanol–water partition coefficient (Wildman–Crippen LogP) is 4.88. The summed E-state index contributed by atoms with van der Waals surface area (Å²) in [4.78, 5) is 32.0. The maximum absolute atomic E-state index is 15.0. The third kappa shape index (κ3) is 5.97. The van der Waals surface area contributed by atoms with Crippen LogP contribution in [0.5, 0.6) is 5.88 Å². The number of aliphatic hydroxyl groups excluding tert-OH is 1. The minimum absolute atomic E-state index is 0.000690. The molecule has 1 N–H and O–H groups in total. The molecule has 1 aromatic carbocycles. The largest absolute Gasteiger partial charge is 0.477 e. The van der Waals surface area contributed by atoms with E-state index >= 15 is 4.39 Å². The molecule has 41 heavy (non-hydrogen) atoms. The lowest BCUT2D eigenvalue weighted by molar-refractivity contribution is -0.256. The van der Waals surface area contributed by atoms with Gasteiger partial charge >= 0.3 is 6.18 Å². The molecule has 3 aliphatic rings. The van der Waals surface area contributed by atoms with Gasteiger partial charge in [-0.3, -0.25) is 4.79 Å². The third-order valence-corrected chi connectivity index (χ3v) is 9.03. The Hall–Kier alpha value is -3.05. The molecule has 2 aliphatic heterocycles. The highest BCUT2D eigenvalue weighted by Crippen LogP contribution is 2.53. The fraction of sp³-hybridized carbons (Fsp3) is 0.567. The monoisotopic (exact) mass is 577 g/mol. The first-order valence-corrected chi connectivity index (χ1v) is 14.1. The van der Waals surface area contributed by atoms with Crippen LogP contribution in [0.3, 0.4) is 0 Å². The summed E-state index contributed by atoms with van der Waals surface area (Å²) in [5.74, 6) is -0.567. The van der Waals surface area contributed by atoms with Crippen LogP contribution >= 0.6 is 0 Å². The molecule has 222 valence electrons. The minimum Gasteiger partial charge on any atom is -0.477 e. The highest BCUT2D eigenvalue weighted by atomic mass is 19.4. The van der Waals surface area contributed by atoms with Crippen molar-refractivity contribution in [1.29, 1.82) is 0 Å². The molecule has 2 aromatic rings. The number of likely N-dealkylation sites (tertiary alicyclic amines) is 2. The first kappa shape index (κ1) is 29.4. The van der Waals surface area contributed by atoms with Crippen molar-refractivity contribution in [1.82, 2.24) is 14.8 Å². The molecule has 3 heterocycles. The highest BCUT2D eigenvalue weighted by Gasteiger charge is 2.58. The zero-order valence-electron chi connectivity index (χ0n) is 23.0. The average molecular weight is 578 g/mol. The van der Waals surface area contributed by atoms with Gasteiger partial charge in [0.1, 0.15) is 12.1 Å². The van der Waals surface area contributed by atoms with Gasteiger partial charge in [-0.25, -0.2) is 9.37 Å². The van der Waals surface area contributed by atoms with Gasteiger partial charge in [-0.2, -0.15) is 13.2 Å². The number of pyridine rings is 1. The van der Waals surface area contributed by atoms with Crippen molar-refractivity contribution in [3.8, 4) is 17.0 Å². The number of aromatic nitrogens is 1. The number of alkyl halides is 3. The van der Waals surface area contributed by atoms with Crippen molar-refractivity contribution in [3.63, 3.8) is 0 Å². The second-order valence-electron chi connectivity index (χ2n) is 12.0. The Kier molecular flexibility index (Phi) is 8.13. The second-order valence-corrected chi connectivity index (χ2v) is 12.0. The van der Waals surface area contributed by atoms with E-state index in [0.717, 1.165) is 18.9 Å². The molecule has 0 bridgehead atoms. The number of rotatable bonds is 8. The number of hydrogen-bond acceptors (Lipinski definition) is 6. The summed E-state index contributed by atoms with van der Waals surface area (Å²) < 4.78 is 61.4. The van der Waals surface area contributed by atoms with Gasteiger partial charge in [-0.05, 0) is 69.8 Å². The van der Waals surface area contributed by atoms with Crippen LogP contribution in [0.15, 0.2) is 36.5 Å². The predicted molar refractivity (Wildman–Crippen MR) is 143 cm³/mol. The maximum atomic E-state index is 15.0. The SMILES string of the molecule is C[C@@]1(C=O)C[C@@H](O)CN1C(=O)c1ccc(-c2ccc(OCC3CCN(CC4(C(F)(F)F)CCC4)CC3)nc2)c(F)c1. The number of piperidine rings is 1. The molecule has 0 spiro atoms. The first-order valence-electron chi connectivity index (χ1n) is 14.1. The van der Waals surface area contributed by atoms with Gasteiger partial charge in [0.2, 0.25) is 5.88 Å². The number of ether oxygens (including phenoxy) is 1. The van der Waals surface area contributed by atoms with Crippen LogP contribution in [-0.4, -0.2) is 82.7 Å². The number of hydrogen-bond donors (Lipinski definition) is 1. The Morgan fingerprint density at radius 1 is 1.20 bits per heavy atom. The first-order chi connectivity index (χ1) is 19.4. The van der Waals surface area contributed by atoms with Crippen LogP contribution in [0.4, 0.5) is 17.6 Å². The minimum atomic E-state index is -4.15. The van der Waals surface area contributed by atoms with Crippen molar-refractivity contribution in [2.45, 2.75) is 63.3 Å². The van der Waals surface area contributed by atoms with E-state index in [9.17, 15) is 27.9 Å². The van der Waals surface area contributed by atoms with Crippen LogP contribution in [-0.2, 0) is 4.79 Å². The standard InChI is InChI=1S/C30H35F4N3O4/c1-28(19-38)14-23(39)16-37(28)27(40)21-3-5-24(25(31)13-21)22-4-6-26(35-15-22)41-17-20-7-11-36(12-8-20)18-29(9-2-10-29)30(32,33)34/h3-6,13,15,19-20,23,39H,2,7-12,14,16-18H2,1H3/t23-,28+/m1/s1. The number of halogens is 4. The van der Waals surface area contributed by atoms with E-state index in [1.807, 2.05) is 4.90 Å². The van der Waals surface area contributed by atoms with Crippen molar-refractivity contribution in [2.24, 2.45) is 11.3 Å². The number of amides is 1. The summed E-state index contributed by atoms with van der Waals surface area (Å²) in [6.07, 6.45) is -0.140. The van der Waals surface area contributed by atoms with Crippen molar-refractivity contribution < 1.29 is 37.0 Å². The molecular weight excluding hydrogens is 542 g/mol. The Labute approximate surface area is 236 Å².